The van der Waals surface area contributed by atoms with Crippen molar-refractivity contribution in [2.75, 3.05) is 5.73 Å². The number of hydrogen-bond donors (Lipinski definition) is 1. The molecule has 0 spiro atoms. The maximum absolute atomic E-state index is 13.4. The highest BCUT2D eigenvalue weighted by Gasteiger charge is 2.36. The average Bonchev–Trinajstić information content (AvgIpc) is 2.56. The molecule has 0 aliphatic heterocycles. The van der Waals surface area contributed by atoms with Crippen LogP contribution >= 0.6 is 12.4 Å². The van der Waals surface area contributed by atoms with Crippen molar-refractivity contribution in [2.24, 2.45) is 0 Å². The minimum atomic E-state index is -4.58. The first-order valence-electron chi connectivity index (χ1n) is 7.25. The number of benzene rings is 3. The van der Waals surface area contributed by atoms with Crippen molar-refractivity contribution in [3.63, 3.8) is 0 Å². The van der Waals surface area contributed by atoms with E-state index in [1.54, 1.807) is 24.3 Å². The van der Waals surface area contributed by atoms with Gasteiger partial charge in [0.2, 0.25) is 0 Å². The van der Waals surface area contributed by atoms with Gasteiger partial charge in [-0.15, -0.1) is 12.4 Å². The van der Waals surface area contributed by atoms with Crippen LogP contribution in [0.5, 0.6) is 0 Å². The predicted octanol–water partition coefficient (Wildman–Crippen LogP) is 5.52. The first-order valence-corrected chi connectivity index (χ1v) is 7.25. The monoisotopic (exact) mass is 362 g/mol. The standard InChI is InChI=1S/C19H13F3N2.ClH/c20-19(21,22)18-10-13(24)8-9-16(18)17(11-23)15-7-3-5-12-4-1-2-6-14(12)15;/h1-10,17H,24H2;1H. The molecule has 1 unspecified atom stereocenters. The smallest absolute Gasteiger partial charge is 0.399 e. The van der Waals surface area contributed by atoms with E-state index in [4.69, 9.17) is 5.73 Å². The van der Waals surface area contributed by atoms with E-state index in [-0.39, 0.29) is 23.7 Å². The Labute approximate surface area is 149 Å². The van der Waals surface area contributed by atoms with Crippen molar-refractivity contribution in [1.29, 1.82) is 5.26 Å². The Balaban J connectivity index is 0.00000225. The van der Waals surface area contributed by atoms with E-state index in [1.807, 2.05) is 24.3 Å². The number of nitrogens with two attached hydrogens (primary N) is 1. The van der Waals surface area contributed by atoms with Crippen molar-refractivity contribution < 1.29 is 13.2 Å². The van der Waals surface area contributed by atoms with Gasteiger partial charge in [0.05, 0.1) is 17.6 Å². The second kappa shape index (κ2) is 7.04. The molecule has 3 aromatic carbocycles. The summed E-state index contributed by atoms with van der Waals surface area (Å²) in [4.78, 5) is 0. The minimum Gasteiger partial charge on any atom is -0.399 e. The molecule has 0 aromatic heterocycles. The van der Waals surface area contributed by atoms with Crippen LogP contribution < -0.4 is 5.73 Å². The molecule has 0 saturated carbocycles. The molecule has 3 rings (SSSR count). The van der Waals surface area contributed by atoms with E-state index in [0.717, 1.165) is 16.8 Å². The lowest BCUT2D eigenvalue weighted by Gasteiger charge is -2.19. The molecule has 6 heteroatoms. The first-order chi connectivity index (χ1) is 11.4. The Kier molecular flexibility index (Phi) is 5.24. The number of alkyl halides is 3. The lowest BCUT2D eigenvalue weighted by atomic mass is 9.86. The van der Waals surface area contributed by atoms with Gasteiger partial charge in [0.25, 0.3) is 0 Å². The molecular formula is C19H14ClF3N2. The third-order valence-electron chi connectivity index (χ3n) is 3.96. The Morgan fingerprint density at radius 3 is 2.28 bits per heavy atom. The van der Waals surface area contributed by atoms with Gasteiger partial charge < -0.3 is 5.73 Å². The van der Waals surface area contributed by atoms with Crippen molar-refractivity contribution in [1.82, 2.24) is 0 Å². The fourth-order valence-electron chi connectivity index (χ4n) is 2.88. The topological polar surface area (TPSA) is 49.8 Å². The zero-order valence-corrected chi connectivity index (χ0v) is 13.7. The quantitative estimate of drug-likeness (QED) is 0.610. The normalized spacial score (nSPS) is 12.2. The third kappa shape index (κ3) is 3.54. The van der Waals surface area contributed by atoms with Crippen LogP contribution in [0.3, 0.4) is 0 Å². The van der Waals surface area contributed by atoms with Crippen molar-refractivity contribution >= 4 is 28.9 Å². The number of nitriles is 1. The van der Waals surface area contributed by atoms with Gasteiger partial charge in [0.1, 0.15) is 0 Å². The zero-order chi connectivity index (χ0) is 17.3. The number of nitrogen functional groups attached to an aromatic ring is 1. The van der Waals surface area contributed by atoms with Gasteiger partial charge in [0, 0.05) is 5.69 Å². The number of fused-ring (bicyclic) bond motifs is 1. The molecule has 0 amide bonds. The lowest BCUT2D eigenvalue weighted by molar-refractivity contribution is -0.138. The fourth-order valence-corrected chi connectivity index (χ4v) is 2.88. The molecule has 3 aromatic rings. The van der Waals surface area contributed by atoms with Gasteiger partial charge in [-0.3, -0.25) is 0 Å². The van der Waals surface area contributed by atoms with Crippen LogP contribution in [0.25, 0.3) is 10.8 Å². The SMILES string of the molecule is Cl.N#CC(c1ccc(N)cc1C(F)(F)F)c1cccc2ccccc12. The highest BCUT2D eigenvalue weighted by atomic mass is 35.5. The molecular weight excluding hydrogens is 349 g/mol. The van der Waals surface area contributed by atoms with Gasteiger partial charge >= 0.3 is 6.18 Å². The highest BCUT2D eigenvalue weighted by Crippen LogP contribution is 2.39. The molecule has 0 bridgehead atoms. The van der Waals surface area contributed by atoms with E-state index in [9.17, 15) is 18.4 Å². The predicted molar refractivity (Wildman–Crippen MR) is 94.5 cm³/mol. The molecule has 0 saturated heterocycles. The number of nitrogens with zero attached hydrogens (tertiary/aromatic N) is 1. The van der Waals surface area contributed by atoms with E-state index in [1.165, 1.54) is 12.1 Å². The molecule has 1 atom stereocenters. The molecule has 2 N–H and O–H groups in total. The molecule has 0 radical (unpaired) electrons. The van der Waals surface area contributed by atoms with Gasteiger partial charge in [-0.05, 0) is 34.0 Å². The summed E-state index contributed by atoms with van der Waals surface area (Å²) < 4.78 is 40.2. The molecule has 0 aliphatic rings. The minimum absolute atomic E-state index is 0. The van der Waals surface area contributed by atoms with Gasteiger partial charge in [0.15, 0.2) is 0 Å². The molecule has 128 valence electrons. The van der Waals surface area contributed by atoms with Crippen LogP contribution in [-0.4, -0.2) is 0 Å². The summed E-state index contributed by atoms with van der Waals surface area (Å²) in [5.41, 5.74) is 5.11. The summed E-state index contributed by atoms with van der Waals surface area (Å²) in [7, 11) is 0. The van der Waals surface area contributed by atoms with Crippen LogP contribution in [0.15, 0.2) is 60.7 Å². The van der Waals surface area contributed by atoms with Gasteiger partial charge in [-0.2, -0.15) is 18.4 Å². The summed E-state index contributed by atoms with van der Waals surface area (Å²) in [5.74, 6) is -1.03. The number of anilines is 1. The van der Waals surface area contributed by atoms with Gasteiger partial charge in [-0.1, -0.05) is 48.5 Å². The molecule has 0 aliphatic carbocycles. The number of rotatable bonds is 2. The van der Waals surface area contributed by atoms with Crippen LogP contribution in [0, 0.1) is 11.3 Å². The maximum Gasteiger partial charge on any atom is 0.416 e. The second-order valence-corrected chi connectivity index (χ2v) is 5.47. The molecule has 2 nitrogen and oxygen atoms in total. The summed E-state index contributed by atoms with van der Waals surface area (Å²) in [6.07, 6.45) is -4.58. The Hall–Kier alpha value is -2.71. The summed E-state index contributed by atoms with van der Waals surface area (Å²) in [6, 6.07) is 18.2. The zero-order valence-electron chi connectivity index (χ0n) is 12.9. The summed E-state index contributed by atoms with van der Waals surface area (Å²) >= 11 is 0. The molecule has 0 fully saturated rings. The van der Waals surface area contributed by atoms with E-state index < -0.39 is 17.7 Å². The van der Waals surface area contributed by atoms with Crippen molar-refractivity contribution in [3.05, 3.63) is 77.4 Å². The van der Waals surface area contributed by atoms with Crippen molar-refractivity contribution in [3.8, 4) is 6.07 Å². The largest absolute Gasteiger partial charge is 0.416 e. The first kappa shape index (κ1) is 18.6. The van der Waals surface area contributed by atoms with E-state index in [2.05, 4.69) is 0 Å². The Morgan fingerprint density at radius 1 is 0.920 bits per heavy atom. The van der Waals surface area contributed by atoms with Crippen LogP contribution in [0.2, 0.25) is 0 Å². The van der Waals surface area contributed by atoms with E-state index >= 15 is 0 Å². The number of halogens is 4. The molecule has 25 heavy (non-hydrogen) atoms. The Bertz CT molecular complexity index is 940. The van der Waals surface area contributed by atoms with Gasteiger partial charge in [-0.25, -0.2) is 0 Å². The van der Waals surface area contributed by atoms with Crippen LogP contribution in [0.1, 0.15) is 22.6 Å². The molecule has 0 heterocycles. The second-order valence-electron chi connectivity index (χ2n) is 5.47. The summed E-state index contributed by atoms with van der Waals surface area (Å²) in [5, 5.41) is 11.2. The summed E-state index contributed by atoms with van der Waals surface area (Å²) in [6.45, 7) is 0. The van der Waals surface area contributed by atoms with Crippen LogP contribution in [-0.2, 0) is 6.18 Å². The van der Waals surface area contributed by atoms with Crippen molar-refractivity contribution in [2.45, 2.75) is 12.1 Å². The maximum atomic E-state index is 13.4. The fraction of sp³-hybridized carbons (Fsp3) is 0.105. The number of hydrogen-bond acceptors (Lipinski definition) is 2. The van der Waals surface area contributed by atoms with E-state index in [0.29, 0.717) is 5.56 Å². The third-order valence-corrected chi connectivity index (χ3v) is 3.96. The lowest BCUT2D eigenvalue weighted by Crippen LogP contribution is -2.13. The van der Waals surface area contributed by atoms with Crippen LogP contribution in [0.4, 0.5) is 18.9 Å². The Morgan fingerprint density at radius 2 is 1.60 bits per heavy atom. The average molecular weight is 363 g/mol. The highest BCUT2D eigenvalue weighted by molar-refractivity contribution is 5.87.